The Hall–Kier alpha value is -1.10. The zero-order chi connectivity index (χ0) is 15.4. The zero-order valence-corrected chi connectivity index (χ0v) is 12.8. The summed E-state index contributed by atoms with van der Waals surface area (Å²) in [7, 11) is 0. The number of piperidine rings is 1. The molecule has 4 unspecified atom stereocenters. The van der Waals surface area contributed by atoms with Crippen LogP contribution in [0, 0.1) is 23.2 Å². The topological polar surface area (TPSA) is 77.8 Å². The Balaban J connectivity index is 1.69. The van der Waals surface area contributed by atoms with Crippen LogP contribution in [-0.4, -0.2) is 45.7 Å². The molecule has 2 aliphatic carbocycles. The number of carboxylic acids is 1. The first kappa shape index (κ1) is 14.8. The van der Waals surface area contributed by atoms with Crippen molar-refractivity contribution in [2.75, 3.05) is 13.1 Å². The summed E-state index contributed by atoms with van der Waals surface area (Å²) in [6, 6.07) is 0. The van der Waals surface area contributed by atoms with E-state index in [0.29, 0.717) is 19.5 Å². The normalized spacial score (nSPS) is 41.3. The van der Waals surface area contributed by atoms with E-state index in [1.54, 1.807) is 4.90 Å². The van der Waals surface area contributed by atoms with Crippen molar-refractivity contribution in [3.63, 3.8) is 0 Å². The highest BCUT2D eigenvalue weighted by Gasteiger charge is 2.67. The lowest BCUT2D eigenvalue weighted by molar-refractivity contribution is -0.148. The smallest absolute Gasteiger partial charge is 0.307 e. The van der Waals surface area contributed by atoms with Gasteiger partial charge < -0.3 is 15.1 Å². The molecule has 4 atom stereocenters. The highest BCUT2D eigenvalue weighted by molar-refractivity contribution is 5.91. The highest BCUT2D eigenvalue weighted by Crippen LogP contribution is 2.59. The summed E-state index contributed by atoms with van der Waals surface area (Å²) < 4.78 is 0. The fourth-order valence-corrected chi connectivity index (χ4v) is 4.53. The predicted molar refractivity (Wildman–Crippen MR) is 76.5 cm³/mol. The largest absolute Gasteiger partial charge is 0.481 e. The molecule has 0 spiro atoms. The third-order valence-electron chi connectivity index (χ3n) is 6.10. The monoisotopic (exact) mass is 295 g/mol. The molecule has 1 amide bonds. The molecule has 21 heavy (non-hydrogen) atoms. The highest BCUT2D eigenvalue weighted by atomic mass is 16.4. The van der Waals surface area contributed by atoms with E-state index in [-0.39, 0.29) is 11.8 Å². The van der Waals surface area contributed by atoms with Crippen LogP contribution < -0.4 is 0 Å². The maximum atomic E-state index is 12.7. The minimum absolute atomic E-state index is 0.0278. The van der Waals surface area contributed by atoms with Gasteiger partial charge in [0, 0.05) is 19.0 Å². The van der Waals surface area contributed by atoms with E-state index in [4.69, 9.17) is 0 Å². The summed E-state index contributed by atoms with van der Waals surface area (Å²) in [5.74, 6) is -1.69. The van der Waals surface area contributed by atoms with E-state index in [1.165, 1.54) is 0 Å². The van der Waals surface area contributed by atoms with Gasteiger partial charge in [-0.05, 0) is 24.7 Å². The van der Waals surface area contributed by atoms with E-state index in [0.717, 1.165) is 25.7 Å². The lowest BCUT2D eigenvalue weighted by Gasteiger charge is -2.47. The summed E-state index contributed by atoms with van der Waals surface area (Å²) in [5.41, 5.74) is -1.04. The van der Waals surface area contributed by atoms with Crippen molar-refractivity contribution < 1.29 is 19.8 Å². The number of amides is 1. The first-order valence-corrected chi connectivity index (χ1v) is 8.01. The lowest BCUT2D eigenvalue weighted by atomic mass is 9.71. The Kier molecular flexibility index (Phi) is 3.32. The first-order chi connectivity index (χ1) is 9.77. The van der Waals surface area contributed by atoms with E-state index in [2.05, 4.69) is 0 Å². The van der Waals surface area contributed by atoms with E-state index in [9.17, 15) is 19.8 Å². The molecule has 3 rings (SSSR count). The number of carbonyl (C=O) groups excluding carboxylic acids is 1. The summed E-state index contributed by atoms with van der Waals surface area (Å²) >= 11 is 0. The van der Waals surface area contributed by atoms with Crippen LogP contribution in [0.2, 0.25) is 0 Å². The van der Waals surface area contributed by atoms with Crippen LogP contribution >= 0.6 is 0 Å². The standard InChI is InChI=1S/C16H25NO4/c1-15(2)11(12(15)14(19)20)13(18)17-8-7-16(21)6-4-3-5-10(16)9-17/h10-12,21H,3-9H2,1-2H3,(H,19,20). The number of carboxylic acid groups (broad SMARTS) is 1. The Morgan fingerprint density at radius 3 is 2.48 bits per heavy atom. The molecule has 5 heteroatoms. The van der Waals surface area contributed by atoms with Gasteiger partial charge in [0.25, 0.3) is 0 Å². The van der Waals surface area contributed by atoms with Crippen LogP contribution in [0.25, 0.3) is 0 Å². The van der Waals surface area contributed by atoms with Crippen molar-refractivity contribution in [3.05, 3.63) is 0 Å². The quantitative estimate of drug-likeness (QED) is 0.809. The number of rotatable bonds is 2. The Labute approximate surface area is 125 Å². The van der Waals surface area contributed by atoms with Gasteiger partial charge in [0.2, 0.25) is 5.91 Å². The number of aliphatic hydroxyl groups is 1. The Morgan fingerprint density at radius 1 is 1.14 bits per heavy atom. The first-order valence-electron chi connectivity index (χ1n) is 8.01. The molecule has 1 saturated heterocycles. The molecular weight excluding hydrogens is 270 g/mol. The second kappa shape index (κ2) is 4.70. The van der Waals surface area contributed by atoms with Crippen molar-refractivity contribution in [1.82, 2.24) is 4.90 Å². The molecule has 1 aliphatic heterocycles. The molecule has 0 aromatic carbocycles. The van der Waals surface area contributed by atoms with Gasteiger partial charge in [-0.25, -0.2) is 0 Å². The number of fused-ring (bicyclic) bond motifs is 1. The number of aliphatic carboxylic acids is 1. The van der Waals surface area contributed by atoms with Crippen molar-refractivity contribution in [3.8, 4) is 0 Å². The SMILES string of the molecule is CC1(C)C(C(=O)O)C1C(=O)N1CCC2(O)CCCCC2C1. The fraction of sp³-hybridized carbons (Fsp3) is 0.875. The number of carbonyl (C=O) groups is 2. The predicted octanol–water partition coefficient (Wildman–Crippen LogP) is 1.50. The molecule has 5 nitrogen and oxygen atoms in total. The molecule has 0 radical (unpaired) electrons. The molecule has 1 heterocycles. The molecular formula is C16H25NO4. The van der Waals surface area contributed by atoms with Gasteiger partial charge in [-0.3, -0.25) is 9.59 Å². The molecule has 2 saturated carbocycles. The average molecular weight is 295 g/mol. The maximum Gasteiger partial charge on any atom is 0.307 e. The number of nitrogens with zero attached hydrogens (tertiary/aromatic N) is 1. The van der Waals surface area contributed by atoms with Crippen molar-refractivity contribution in [2.45, 2.75) is 51.6 Å². The second-order valence-electron chi connectivity index (χ2n) is 7.70. The van der Waals surface area contributed by atoms with Crippen LogP contribution in [0.5, 0.6) is 0 Å². The number of hydrogen-bond acceptors (Lipinski definition) is 3. The summed E-state index contributed by atoms with van der Waals surface area (Å²) in [6.45, 7) is 4.86. The van der Waals surface area contributed by atoms with Gasteiger partial charge in [0.1, 0.15) is 0 Å². The Bertz CT molecular complexity index is 475. The minimum atomic E-state index is -0.871. The second-order valence-corrected chi connectivity index (χ2v) is 7.70. The van der Waals surface area contributed by atoms with Gasteiger partial charge in [-0.15, -0.1) is 0 Å². The van der Waals surface area contributed by atoms with E-state index in [1.807, 2.05) is 13.8 Å². The third-order valence-corrected chi connectivity index (χ3v) is 6.10. The summed E-state index contributed by atoms with van der Waals surface area (Å²) in [5, 5.41) is 19.9. The van der Waals surface area contributed by atoms with Crippen LogP contribution in [0.4, 0.5) is 0 Å². The maximum absolute atomic E-state index is 12.7. The van der Waals surface area contributed by atoms with Crippen molar-refractivity contribution in [2.24, 2.45) is 23.2 Å². The molecule has 0 aromatic heterocycles. The van der Waals surface area contributed by atoms with Crippen LogP contribution in [0.3, 0.4) is 0 Å². The number of hydrogen-bond donors (Lipinski definition) is 2. The van der Waals surface area contributed by atoms with Crippen LogP contribution in [-0.2, 0) is 9.59 Å². The molecule has 3 aliphatic rings. The lowest BCUT2D eigenvalue weighted by Crippen LogP contribution is -2.55. The Morgan fingerprint density at radius 2 is 1.86 bits per heavy atom. The molecule has 3 fully saturated rings. The molecule has 2 N–H and O–H groups in total. The van der Waals surface area contributed by atoms with E-state index < -0.39 is 28.8 Å². The fourth-order valence-electron chi connectivity index (χ4n) is 4.53. The summed E-state index contributed by atoms with van der Waals surface area (Å²) in [4.78, 5) is 25.7. The van der Waals surface area contributed by atoms with Gasteiger partial charge in [-0.2, -0.15) is 0 Å². The summed E-state index contributed by atoms with van der Waals surface area (Å²) in [6.07, 6.45) is 4.62. The third kappa shape index (κ3) is 2.26. The van der Waals surface area contributed by atoms with Gasteiger partial charge in [0.15, 0.2) is 0 Å². The van der Waals surface area contributed by atoms with Crippen LogP contribution in [0.1, 0.15) is 46.0 Å². The van der Waals surface area contributed by atoms with E-state index >= 15 is 0 Å². The number of likely N-dealkylation sites (tertiary alicyclic amines) is 1. The zero-order valence-electron chi connectivity index (χ0n) is 12.8. The van der Waals surface area contributed by atoms with Gasteiger partial charge in [0.05, 0.1) is 17.4 Å². The van der Waals surface area contributed by atoms with Gasteiger partial charge >= 0.3 is 5.97 Å². The molecule has 0 aromatic rings. The van der Waals surface area contributed by atoms with Crippen molar-refractivity contribution in [1.29, 1.82) is 0 Å². The van der Waals surface area contributed by atoms with Gasteiger partial charge in [-0.1, -0.05) is 26.7 Å². The average Bonchev–Trinajstić information content (AvgIpc) is 3.00. The molecule has 118 valence electrons. The van der Waals surface area contributed by atoms with Crippen LogP contribution in [0.15, 0.2) is 0 Å². The minimum Gasteiger partial charge on any atom is -0.481 e. The molecule has 0 bridgehead atoms. The van der Waals surface area contributed by atoms with Crippen molar-refractivity contribution >= 4 is 11.9 Å².